The van der Waals surface area contributed by atoms with Gasteiger partial charge in [0.1, 0.15) is 5.56 Å². The van der Waals surface area contributed by atoms with Crippen molar-refractivity contribution in [3.63, 3.8) is 0 Å². The number of aryl methyl sites for hydroxylation is 1. The third-order valence-electron chi connectivity index (χ3n) is 3.16. The Morgan fingerprint density at radius 1 is 1.24 bits per heavy atom. The van der Waals surface area contributed by atoms with Crippen LogP contribution in [0.3, 0.4) is 0 Å². The number of hydrogen-bond donors (Lipinski definition) is 0. The summed E-state index contributed by atoms with van der Waals surface area (Å²) >= 11 is 3.37. The van der Waals surface area contributed by atoms with Crippen molar-refractivity contribution in [1.82, 2.24) is 0 Å². The average molecular weight is 349 g/mol. The van der Waals surface area contributed by atoms with Crippen LogP contribution >= 0.6 is 15.9 Å². The minimum atomic E-state index is -0.546. The molecule has 0 saturated heterocycles. The molecule has 0 bridgehead atoms. The molecule has 0 aromatic heterocycles. The number of nitrogens with zero attached hydrogens (tertiary/aromatic N) is 2. The topological polar surface area (TPSA) is 63.5 Å². The van der Waals surface area contributed by atoms with Crippen molar-refractivity contribution in [2.24, 2.45) is 0 Å². The van der Waals surface area contributed by atoms with Crippen molar-refractivity contribution >= 4 is 33.2 Å². The number of para-hydroxylation sites is 1. The van der Waals surface area contributed by atoms with Crippen molar-refractivity contribution in [3.8, 4) is 0 Å². The van der Waals surface area contributed by atoms with Gasteiger partial charge in [0.25, 0.3) is 11.6 Å². The number of nitro benzene ring substituents is 1. The summed E-state index contributed by atoms with van der Waals surface area (Å²) in [6.45, 7) is 1.88. The molecule has 108 valence electrons. The van der Waals surface area contributed by atoms with Gasteiger partial charge in [-0.15, -0.1) is 0 Å². The standard InChI is InChI=1S/C15H13BrN2O3/c1-10-9-11(16)7-8-13(10)17(2)15(19)12-5-3-4-6-14(12)18(20)21/h3-9H,1-2H3. The SMILES string of the molecule is Cc1cc(Br)ccc1N(C)C(=O)c1ccccc1[N+](=O)[O-]. The lowest BCUT2D eigenvalue weighted by Crippen LogP contribution is -2.27. The zero-order chi connectivity index (χ0) is 15.6. The van der Waals surface area contributed by atoms with Gasteiger partial charge in [0.2, 0.25) is 0 Å². The lowest BCUT2D eigenvalue weighted by molar-refractivity contribution is -0.385. The second-order valence-corrected chi connectivity index (χ2v) is 5.48. The molecule has 0 spiro atoms. The lowest BCUT2D eigenvalue weighted by Gasteiger charge is -2.19. The quantitative estimate of drug-likeness (QED) is 0.623. The van der Waals surface area contributed by atoms with Crippen LogP contribution in [0, 0.1) is 17.0 Å². The summed E-state index contributed by atoms with van der Waals surface area (Å²) in [4.78, 5) is 24.4. The number of hydrogen-bond acceptors (Lipinski definition) is 3. The van der Waals surface area contributed by atoms with Gasteiger partial charge in [0.05, 0.1) is 4.92 Å². The van der Waals surface area contributed by atoms with Gasteiger partial charge in [-0.25, -0.2) is 0 Å². The Hall–Kier alpha value is -2.21. The molecule has 0 radical (unpaired) electrons. The van der Waals surface area contributed by atoms with Crippen LogP contribution in [0.5, 0.6) is 0 Å². The van der Waals surface area contributed by atoms with Gasteiger partial charge < -0.3 is 4.90 Å². The number of carbonyl (C=O) groups is 1. The highest BCUT2D eigenvalue weighted by atomic mass is 79.9. The molecule has 2 aromatic rings. The van der Waals surface area contributed by atoms with Gasteiger partial charge in [-0.05, 0) is 36.8 Å². The molecule has 5 nitrogen and oxygen atoms in total. The normalized spacial score (nSPS) is 10.2. The van der Waals surface area contributed by atoms with Crippen molar-refractivity contribution in [1.29, 1.82) is 0 Å². The first-order valence-electron chi connectivity index (χ1n) is 6.19. The van der Waals surface area contributed by atoms with Gasteiger partial charge >= 0.3 is 0 Å². The van der Waals surface area contributed by atoms with Crippen LogP contribution in [-0.2, 0) is 0 Å². The monoisotopic (exact) mass is 348 g/mol. The molecule has 1 amide bonds. The van der Waals surface area contributed by atoms with E-state index in [4.69, 9.17) is 0 Å². The molecular weight excluding hydrogens is 336 g/mol. The van der Waals surface area contributed by atoms with Crippen molar-refractivity contribution in [2.45, 2.75) is 6.92 Å². The zero-order valence-electron chi connectivity index (χ0n) is 11.5. The predicted molar refractivity (Wildman–Crippen MR) is 84.7 cm³/mol. The van der Waals surface area contributed by atoms with Gasteiger partial charge in [0, 0.05) is 23.3 Å². The van der Waals surface area contributed by atoms with Crippen LogP contribution in [0.4, 0.5) is 11.4 Å². The molecule has 0 aliphatic heterocycles. The molecule has 0 aliphatic carbocycles. The fourth-order valence-corrected chi connectivity index (χ4v) is 2.57. The van der Waals surface area contributed by atoms with Crippen molar-refractivity contribution in [2.75, 3.05) is 11.9 Å². The van der Waals surface area contributed by atoms with E-state index < -0.39 is 10.8 Å². The summed E-state index contributed by atoms with van der Waals surface area (Å²) < 4.78 is 0.912. The summed E-state index contributed by atoms with van der Waals surface area (Å²) in [6.07, 6.45) is 0. The Balaban J connectivity index is 2.42. The highest BCUT2D eigenvalue weighted by Gasteiger charge is 2.23. The van der Waals surface area contributed by atoms with E-state index in [1.165, 1.54) is 17.0 Å². The van der Waals surface area contributed by atoms with Gasteiger partial charge in [-0.2, -0.15) is 0 Å². The second-order valence-electron chi connectivity index (χ2n) is 4.57. The molecule has 0 aliphatic rings. The summed E-state index contributed by atoms with van der Waals surface area (Å²) in [7, 11) is 1.61. The van der Waals surface area contributed by atoms with Crippen LogP contribution in [0.25, 0.3) is 0 Å². The number of rotatable bonds is 3. The number of benzene rings is 2. The van der Waals surface area contributed by atoms with Gasteiger partial charge in [-0.3, -0.25) is 14.9 Å². The molecule has 2 aromatic carbocycles. The predicted octanol–water partition coefficient (Wildman–Crippen LogP) is 3.94. The van der Waals surface area contributed by atoms with Crippen LogP contribution in [0.2, 0.25) is 0 Å². The number of anilines is 1. The molecular formula is C15H13BrN2O3. The summed E-state index contributed by atoms with van der Waals surface area (Å²) in [5.74, 6) is -0.410. The maximum atomic E-state index is 12.5. The fourth-order valence-electron chi connectivity index (χ4n) is 2.10. The van der Waals surface area contributed by atoms with E-state index >= 15 is 0 Å². The zero-order valence-corrected chi connectivity index (χ0v) is 13.1. The van der Waals surface area contributed by atoms with E-state index in [0.29, 0.717) is 5.69 Å². The maximum absolute atomic E-state index is 12.5. The van der Waals surface area contributed by atoms with Crippen LogP contribution in [-0.4, -0.2) is 17.9 Å². The Morgan fingerprint density at radius 2 is 1.90 bits per heavy atom. The van der Waals surface area contributed by atoms with Crippen molar-refractivity contribution in [3.05, 3.63) is 68.2 Å². The first-order valence-corrected chi connectivity index (χ1v) is 6.98. The minimum Gasteiger partial charge on any atom is -0.311 e. The highest BCUT2D eigenvalue weighted by molar-refractivity contribution is 9.10. The minimum absolute atomic E-state index is 0.0762. The maximum Gasteiger partial charge on any atom is 0.282 e. The molecule has 6 heteroatoms. The molecule has 2 rings (SSSR count). The van der Waals surface area contributed by atoms with Gasteiger partial charge in [-0.1, -0.05) is 28.1 Å². The van der Waals surface area contributed by atoms with Crippen LogP contribution < -0.4 is 4.90 Å². The lowest BCUT2D eigenvalue weighted by atomic mass is 10.1. The molecule has 0 saturated carbocycles. The molecule has 0 heterocycles. The Bertz CT molecular complexity index is 716. The largest absolute Gasteiger partial charge is 0.311 e. The molecule has 0 fully saturated rings. The Kier molecular flexibility index (Phi) is 4.37. The van der Waals surface area contributed by atoms with Gasteiger partial charge in [0.15, 0.2) is 0 Å². The first kappa shape index (κ1) is 15.2. The van der Waals surface area contributed by atoms with E-state index in [-0.39, 0.29) is 11.3 Å². The molecule has 0 atom stereocenters. The van der Waals surface area contributed by atoms with E-state index in [0.717, 1.165) is 10.0 Å². The number of carbonyl (C=O) groups excluding carboxylic acids is 1. The first-order chi connectivity index (χ1) is 9.91. The molecule has 0 unspecified atom stereocenters. The fraction of sp³-hybridized carbons (Fsp3) is 0.133. The molecule has 21 heavy (non-hydrogen) atoms. The Labute approximate surface area is 130 Å². The average Bonchev–Trinajstić information content (AvgIpc) is 2.45. The van der Waals surface area contributed by atoms with E-state index in [1.54, 1.807) is 25.2 Å². The van der Waals surface area contributed by atoms with Crippen molar-refractivity contribution < 1.29 is 9.72 Å². The summed E-state index contributed by atoms with van der Waals surface area (Å²) in [5, 5.41) is 11.0. The second kappa shape index (κ2) is 6.05. The summed E-state index contributed by atoms with van der Waals surface area (Å²) in [6, 6.07) is 11.5. The number of amides is 1. The van der Waals surface area contributed by atoms with E-state index in [9.17, 15) is 14.9 Å². The number of halogens is 1. The third-order valence-corrected chi connectivity index (χ3v) is 3.65. The highest BCUT2D eigenvalue weighted by Crippen LogP contribution is 2.26. The third kappa shape index (κ3) is 3.11. The Morgan fingerprint density at radius 3 is 2.52 bits per heavy atom. The molecule has 0 N–H and O–H groups in total. The summed E-state index contributed by atoms with van der Waals surface area (Å²) in [5.41, 5.74) is 1.50. The van der Waals surface area contributed by atoms with Crippen LogP contribution in [0.15, 0.2) is 46.9 Å². The van der Waals surface area contributed by atoms with Crippen LogP contribution in [0.1, 0.15) is 15.9 Å². The smallest absolute Gasteiger partial charge is 0.282 e. The van der Waals surface area contributed by atoms with E-state index in [2.05, 4.69) is 15.9 Å². The van der Waals surface area contributed by atoms with E-state index in [1.807, 2.05) is 19.1 Å². The number of nitro groups is 1.